The molecule has 0 unspecified atom stereocenters. The van der Waals surface area contributed by atoms with Crippen LogP contribution in [0.25, 0.3) is 0 Å². The van der Waals surface area contributed by atoms with Crippen molar-refractivity contribution in [1.29, 1.82) is 0 Å². The Morgan fingerprint density at radius 1 is 1.19 bits per heavy atom. The molecular formula is C16H22O10. The summed E-state index contributed by atoms with van der Waals surface area (Å²) in [4.78, 5) is 23.7. The zero-order valence-corrected chi connectivity index (χ0v) is 14.1. The Morgan fingerprint density at radius 2 is 1.92 bits per heavy atom. The van der Waals surface area contributed by atoms with E-state index >= 15 is 0 Å². The number of rotatable bonds is 4. The van der Waals surface area contributed by atoms with Crippen LogP contribution in [0, 0.1) is 11.8 Å². The molecule has 1 aliphatic carbocycles. The first-order valence-corrected chi connectivity index (χ1v) is 8.28. The van der Waals surface area contributed by atoms with Gasteiger partial charge in [0.05, 0.1) is 25.6 Å². The predicted molar refractivity (Wildman–Crippen MR) is 81.0 cm³/mol. The second-order valence-corrected chi connectivity index (χ2v) is 6.62. The van der Waals surface area contributed by atoms with E-state index in [1.165, 1.54) is 13.4 Å². The molecule has 3 aliphatic rings. The average molecular weight is 374 g/mol. The fourth-order valence-corrected chi connectivity index (χ4v) is 3.60. The maximum atomic E-state index is 11.9. The molecule has 2 heterocycles. The molecule has 2 fully saturated rings. The standard InChI is InChI=1S/C16H22O10/c1-23-14(22)9-5-24-15(8-3-6(18)2-7(8)9)26-16-13(21)12(20)11(19)10(4-17)25-16/h5,7-8,10-13,15-17,19-21H,2-4H2,1H3/t7-,8+,10+,11+,12-,13+,15-,16-/m0/s1. The van der Waals surface area contributed by atoms with Crippen LogP contribution in [0.5, 0.6) is 0 Å². The van der Waals surface area contributed by atoms with E-state index < -0.39 is 61.4 Å². The fourth-order valence-electron chi connectivity index (χ4n) is 3.60. The van der Waals surface area contributed by atoms with Crippen LogP contribution in [0.4, 0.5) is 0 Å². The van der Waals surface area contributed by atoms with Crippen LogP contribution in [0.1, 0.15) is 12.8 Å². The predicted octanol–water partition coefficient (Wildman–Crippen LogP) is -2.19. The third kappa shape index (κ3) is 3.36. The van der Waals surface area contributed by atoms with Crippen molar-refractivity contribution in [3.8, 4) is 0 Å². The molecular weight excluding hydrogens is 352 g/mol. The van der Waals surface area contributed by atoms with Gasteiger partial charge in [0.2, 0.25) is 6.29 Å². The van der Waals surface area contributed by atoms with Crippen molar-refractivity contribution < 1.29 is 49.0 Å². The average Bonchev–Trinajstić information content (AvgIpc) is 3.03. The summed E-state index contributed by atoms with van der Waals surface area (Å²) < 4.78 is 21.0. The number of methoxy groups -OCH3 is 1. The zero-order chi connectivity index (χ0) is 19.0. The van der Waals surface area contributed by atoms with Gasteiger partial charge in [-0.3, -0.25) is 4.79 Å². The van der Waals surface area contributed by atoms with Crippen LogP contribution in [0.2, 0.25) is 0 Å². The minimum absolute atomic E-state index is 0.0669. The van der Waals surface area contributed by atoms with E-state index in [1.54, 1.807) is 0 Å². The molecule has 1 saturated carbocycles. The van der Waals surface area contributed by atoms with Gasteiger partial charge in [0.1, 0.15) is 30.2 Å². The minimum atomic E-state index is -1.59. The zero-order valence-electron chi connectivity index (χ0n) is 14.1. The smallest absolute Gasteiger partial charge is 0.337 e. The highest BCUT2D eigenvalue weighted by Gasteiger charge is 2.50. The van der Waals surface area contributed by atoms with Gasteiger partial charge in [-0.05, 0) is 0 Å². The summed E-state index contributed by atoms with van der Waals surface area (Å²) in [5.41, 5.74) is 0.233. The first-order valence-electron chi connectivity index (χ1n) is 8.28. The molecule has 0 aromatic rings. The maximum absolute atomic E-state index is 11.9. The normalized spacial score (nSPS) is 42.7. The number of ketones is 1. The first kappa shape index (κ1) is 19.2. The Morgan fingerprint density at radius 3 is 2.58 bits per heavy atom. The molecule has 26 heavy (non-hydrogen) atoms. The molecule has 10 nitrogen and oxygen atoms in total. The third-order valence-electron chi connectivity index (χ3n) is 5.04. The van der Waals surface area contributed by atoms with Gasteiger partial charge in [0.25, 0.3) is 0 Å². The summed E-state index contributed by atoms with van der Waals surface area (Å²) in [5.74, 6) is -1.60. The molecule has 2 aliphatic heterocycles. The highest BCUT2D eigenvalue weighted by Crippen LogP contribution is 2.42. The van der Waals surface area contributed by atoms with Crippen molar-refractivity contribution in [2.75, 3.05) is 13.7 Å². The quantitative estimate of drug-likeness (QED) is 0.399. The number of esters is 1. The monoisotopic (exact) mass is 374 g/mol. The molecule has 0 aromatic carbocycles. The van der Waals surface area contributed by atoms with E-state index in [0.717, 1.165) is 0 Å². The molecule has 1 saturated heterocycles. The van der Waals surface area contributed by atoms with E-state index in [4.69, 9.17) is 18.9 Å². The Balaban J connectivity index is 1.76. The van der Waals surface area contributed by atoms with E-state index in [1.807, 2.05) is 0 Å². The lowest BCUT2D eigenvalue weighted by Gasteiger charge is -2.42. The lowest BCUT2D eigenvalue weighted by Crippen LogP contribution is -2.60. The van der Waals surface area contributed by atoms with Gasteiger partial charge in [0.15, 0.2) is 6.29 Å². The number of Topliss-reactive ketones (excluding diaryl/α,β-unsaturated/α-hetero) is 1. The number of fused-ring (bicyclic) bond motifs is 1. The Kier molecular flexibility index (Phi) is 5.61. The minimum Gasteiger partial charge on any atom is -0.472 e. The molecule has 10 heteroatoms. The molecule has 3 rings (SSSR count). The van der Waals surface area contributed by atoms with Gasteiger partial charge in [-0.1, -0.05) is 0 Å². The van der Waals surface area contributed by atoms with Crippen LogP contribution in [-0.4, -0.2) is 82.9 Å². The summed E-state index contributed by atoms with van der Waals surface area (Å²) in [6, 6.07) is 0. The topological polar surface area (TPSA) is 152 Å². The second-order valence-electron chi connectivity index (χ2n) is 6.62. The molecule has 0 spiro atoms. The van der Waals surface area contributed by atoms with Crippen LogP contribution in [0.3, 0.4) is 0 Å². The van der Waals surface area contributed by atoms with E-state index in [2.05, 4.69) is 0 Å². The Labute approximate surface area is 148 Å². The number of aliphatic hydroxyl groups excluding tert-OH is 4. The van der Waals surface area contributed by atoms with Crippen molar-refractivity contribution in [1.82, 2.24) is 0 Å². The molecule has 0 radical (unpaired) electrons. The van der Waals surface area contributed by atoms with E-state index in [0.29, 0.717) is 0 Å². The van der Waals surface area contributed by atoms with Crippen molar-refractivity contribution in [3.63, 3.8) is 0 Å². The van der Waals surface area contributed by atoms with Gasteiger partial charge in [-0.25, -0.2) is 4.79 Å². The van der Waals surface area contributed by atoms with Crippen molar-refractivity contribution >= 4 is 11.8 Å². The lowest BCUT2D eigenvalue weighted by molar-refractivity contribution is -0.340. The summed E-state index contributed by atoms with van der Waals surface area (Å²) in [6.45, 7) is -0.590. The van der Waals surface area contributed by atoms with Crippen LogP contribution >= 0.6 is 0 Å². The molecule has 4 N–H and O–H groups in total. The van der Waals surface area contributed by atoms with Gasteiger partial charge < -0.3 is 39.4 Å². The number of carbonyl (C=O) groups is 2. The molecule has 8 atom stereocenters. The summed E-state index contributed by atoms with van der Waals surface area (Å²) in [6.07, 6.45) is -6.78. The number of hydrogen-bond acceptors (Lipinski definition) is 10. The van der Waals surface area contributed by atoms with Gasteiger partial charge in [-0.15, -0.1) is 0 Å². The van der Waals surface area contributed by atoms with Crippen LogP contribution in [-0.2, 0) is 28.5 Å². The largest absolute Gasteiger partial charge is 0.472 e. The van der Waals surface area contributed by atoms with Gasteiger partial charge >= 0.3 is 5.97 Å². The van der Waals surface area contributed by atoms with Crippen molar-refractivity contribution in [2.45, 2.75) is 49.8 Å². The highest BCUT2D eigenvalue weighted by atomic mass is 16.8. The molecule has 0 amide bonds. The van der Waals surface area contributed by atoms with Crippen LogP contribution in [0.15, 0.2) is 11.8 Å². The summed E-state index contributed by atoms with van der Waals surface area (Å²) >= 11 is 0. The Hall–Kier alpha value is -1.56. The summed E-state index contributed by atoms with van der Waals surface area (Å²) in [5, 5.41) is 38.9. The number of ether oxygens (including phenoxy) is 4. The van der Waals surface area contributed by atoms with Crippen LogP contribution < -0.4 is 0 Å². The van der Waals surface area contributed by atoms with Crippen molar-refractivity contribution in [2.24, 2.45) is 11.8 Å². The molecule has 146 valence electrons. The van der Waals surface area contributed by atoms with E-state index in [9.17, 15) is 30.0 Å². The number of carbonyl (C=O) groups excluding carboxylic acids is 2. The number of aliphatic hydroxyl groups is 4. The molecule has 0 bridgehead atoms. The first-order chi connectivity index (χ1) is 12.4. The highest BCUT2D eigenvalue weighted by molar-refractivity contribution is 5.92. The third-order valence-corrected chi connectivity index (χ3v) is 5.04. The molecule has 0 aromatic heterocycles. The lowest BCUT2D eigenvalue weighted by atomic mass is 9.87. The Bertz CT molecular complexity index is 588. The van der Waals surface area contributed by atoms with E-state index in [-0.39, 0.29) is 24.2 Å². The number of hydrogen-bond donors (Lipinski definition) is 4. The second kappa shape index (κ2) is 7.59. The van der Waals surface area contributed by atoms with Gasteiger partial charge in [0, 0.05) is 24.7 Å². The SMILES string of the molecule is COC(=O)C1=CO[C@@H](O[C@@H]2O[C@H](CO)[C@@H](O)[C@H](O)[C@H]2O)[C@@H]2CC(=O)C[C@H]12. The van der Waals surface area contributed by atoms with Gasteiger partial charge in [-0.2, -0.15) is 0 Å². The van der Waals surface area contributed by atoms with Crippen molar-refractivity contribution in [3.05, 3.63) is 11.8 Å². The maximum Gasteiger partial charge on any atom is 0.337 e. The summed E-state index contributed by atoms with van der Waals surface area (Å²) in [7, 11) is 1.23. The fraction of sp³-hybridized carbons (Fsp3) is 0.750.